The van der Waals surface area contributed by atoms with E-state index in [1.165, 1.54) is 22.2 Å². The second kappa shape index (κ2) is 7.51. The highest BCUT2D eigenvalue weighted by Gasteiger charge is 2.24. The first kappa shape index (κ1) is 18.9. The Bertz CT molecular complexity index is 1100. The van der Waals surface area contributed by atoms with Crippen LogP contribution in [0.3, 0.4) is 0 Å². The van der Waals surface area contributed by atoms with Gasteiger partial charge in [-0.25, -0.2) is 4.98 Å². The molecule has 0 unspecified atom stereocenters. The summed E-state index contributed by atoms with van der Waals surface area (Å²) < 4.78 is 1.67. The third-order valence-corrected chi connectivity index (χ3v) is 6.86. The molecule has 10 heteroatoms. The zero-order valence-electron chi connectivity index (χ0n) is 15.5. The highest BCUT2D eigenvalue weighted by atomic mass is 32.2. The van der Waals surface area contributed by atoms with Crippen LogP contribution < -0.4 is 17.0 Å². The Morgan fingerprint density at radius 2 is 2.04 bits per heavy atom. The van der Waals surface area contributed by atoms with Crippen molar-refractivity contribution in [1.82, 2.24) is 24.5 Å². The maximum absolute atomic E-state index is 13.3. The minimum absolute atomic E-state index is 0.00544. The van der Waals surface area contributed by atoms with Crippen molar-refractivity contribution in [2.75, 3.05) is 11.5 Å². The van der Waals surface area contributed by atoms with Gasteiger partial charge in [-0.2, -0.15) is 15.0 Å². The number of aryl methyl sites for hydroxylation is 1. The van der Waals surface area contributed by atoms with Gasteiger partial charge in [0, 0.05) is 11.4 Å². The number of fused-ring (bicyclic) bond motifs is 3. The summed E-state index contributed by atoms with van der Waals surface area (Å²) in [5.41, 5.74) is 12.5. The highest BCUT2D eigenvalue weighted by molar-refractivity contribution is 7.98. The third kappa shape index (κ3) is 3.49. The van der Waals surface area contributed by atoms with E-state index in [4.69, 9.17) is 16.5 Å². The van der Waals surface area contributed by atoms with Crippen molar-refractivity contribution in [1.29, 1.82) is 0 Å². The summed E-state index contributed by atoms with van der Waals surface area (Å²) in [7, 11) is 0. The van der Waals surface area contributed by atoms with Crippen LogP contribution in [0.5, 0.6) is 0 Å². The minimum Gasteiger partial charge on any atom is -0.368 e. The zero-order chi connectivity index (χ0) is 19.8. The molecule has 1 atom stereocenters. The van der Waals surface area contributed by atoms with Crippen molar-refractivity contribution in [3.63, 3.8) is 0 Å². The van der Waals surface area contributed by atoms with Gasteiger partial charge in [0.15, 0.2) is 5.16 Å². The van der Waals surface area contributed by atoms with E-state index < -0.39 is 0 Å². The first-order valence-electron chi connectivity index (χ1n) is 9.01. The van der Waals surface area contributed by atoms with Gasteiger partial charge in [-0.1, -0.05) is 24.8 Å². The second-order valence-corrected chi connectivity index (χ2v) is 8.91. The third-order valence-electron chi connectivity index (χ3n) is 4.74. The number of hydrogen-bond donors (Lipinski definition) is 2. The first-order chi connectivity index (χ1) is 13.5. The Kier molecular flexibility index (Phi) is 5.07. The molecule has 0 saturated carbocycles. The van der Waals surface area contributed by atoms with Gasteiger partial charge >= 0.3 is 0 Å². The van der Waals surface area contributed by atoms with E-state index in [0.29, 0.717) is 29.2 Å². The number of allylic oxidation sites excluding steroid dienone is 1. The summed E-state index contributed by atoms with van der Waals surface area (Å²) in [6.07, 6.45) is 4.78. The molecule has 3 aromatic heterocycles. The first-order valence-corrected chi connectivity index (χ1v) is 10.8. The van der Waals surface area contributed by atoms with Crippen molar-refractivity contribution in [2.24, 2.45) is 5.92 Å². The molecule has 0 radical (unpaired) electrons. The van der Waals surface area contributed by atoms with Crippen molar-refractivity contribution < 1.29 is 0 Å². The number of aromatic nitrogens is 5. The van der Waals surface area contributed by atoms with E-state index in [1.54, 1.807) is 22.0 Å². The van der Waals surface area contributed by atoms with Crippen molar-refractivity contribution in [2.45, 2.75) is 43.6 Å². The molecular formula is C18H21N7OS2. The Hall–Kier alpha value is -2.46. The Morgan fingerprint density at radius 1 is 1.29 bits per heavy atom. The Balaban J connectivity index is 1.75. The fourth-order valence-electron chi connectivity index (χ4n) is 3.46. The summed E-state index contributed by atoms with van der Waals surface area (Å²) >= 11 is 3.02. The molecule has 4 rings (SSSR count). The second-order valence-electron chi connectivity index (χ2n) is 6.89. The van der Waals surface area contributed by atoms with E-state index in [-0.39, 0.29) is 17.5 Å². The van der Waals surface area contributed by atoms with Crippen LogP contribution in [0.4, 0.5) is 11.9 Å². The molecule has 0 saturated heterocycles. The molecule has 0 spiro atoms. The number of nitrogen functional groups attached to an aromatic ring is 2. The van der Waals surface area contributed by atoms with Gasteiger partial charge in [0.2, 0.25) is 11.9 Å². The molecular weight excluding hydrogens is 394 g/mol. The quantitative estimate of drug-likeness (QED) is 0.370. The van der Waals surface area contributed by atoms with Gasteiger partial charge in [0.05, 0.1) is 11.1 Å². The van der Waals surface area contributed by atoms with Gasteiger partial charge in [-0.3, -0.25) is 9.36 Å². The summed E-state index contributed by atoms with van der Waals surface area (Å²) in [5.74, 6) is 1.64. The lowest BCUT2D eigenvalue weighted by Gasteiger charge is -2.17. The van der Waals surface area contributed by atoms with Crippen LogP contribution >= 0.6 is 23.1 Å². The number of anilines is 2. The molecule has 3 aromatic rings. The van der Waals surface area contributed by atoms with Crippen LogP contribution in [-0.4, -0.2) is 24.5 Å². The van der Waals surface area contributed by atoms with Gasteiger partial charge in [-0.15, -0.1) is 17.9 Å². The Labute approximate surface area is 170 Å². The number of thiophene rings is 1. The Morgan fingerprint density at radius 3 is 2.75 bits per heavy atom. The topological polar surface area (TPSA) is 126 Å². The van der Waals surface area contributed by atoms with Crippen LogP contribution in [0.25, 0.3) is 10.2 Å². The monoisotopic (exact) mass is 415 g/mol. The van der Waals surface area contributed by atoms with E-state index in [2.05, 4.69) is 28.5 Å². The van der Waals surface area contributed by atoms with Gasteiger partial charge in [-0.05, 0) is 30.7 Å². The molecule has 0 aromatic carbocycles. The molecule has 28 heavy (non-hydrogen) atoms. The van der Waals surface area contributed by atoms with Gasteiger partial charge < -0.3 is 11.5 Å². The van der Waals surface area contributed by atoms with E-state index in [1.807, 2.05) is 0 Å². The molecule has 8 nitrogen and oxygen atoms in total. The molecule has 4 N–H and O–H groups in total. The summed E-state index contributed by atoms with van der Waals surface area (Å²) in [5, 5.41) is 1.38. The van der Waals surface area contributed by atoms with Crippen molar-refractivity contribution >= 4 is 45.2 Å². The molecule has 0 amide bonds. The van der Waals surface area contributed by atoms with E-state index in [9.17, 15) is 4.79 Å². The summed E-state index contributed by atoms with van der Waals surface area (Å²) in [6.45, 7) is 6.43. The summed E-state index contributed by atoms with van der Waals surface area (Å²) in [4.78, 5) is 32.1. The lowest BCUT2D eigenvalue weighted by molar-refractivity contribution is 0.509. The SMILES string of the molecule is C=CCn1c(SCc2nc(N)nc(N)n2)nc2sc3c(c2c1=O)CC[C@H](C)C3. The van der Waals surface area contributed by atoms with E-state index >= 15 is 0 Å². The normalized spacial score (nSPS) is 16.2. The minimum atomic E-state index is -0.00544. The molecule has 1 aliphatic carbocycles. The van der Waals surface area contributed by atoms with Gasteiger partial charge in [0.25, 0.3) is 5.56 Å². The average Bonchev–Trinajstić information content (AvgIpc) is 2.99. The number of nitrogens with two attached hydrogens (primary N) is 2. The van der Waals surface area contributed by atoms with Crippen molar-refractivity contribution in [3.05, 3.63) is 39.3 Å². The molecule has 1 aliphatic rings. The summed E-state index contributed by atoms with van der Waals surface area (Å²) in [6, 6.07) is 0. The van der Waals surface area contributed by atoms with E-state index in [0.717, 1.165) is 29.5 Å². The standard InChI is InChI=1S/C18H21N7OS2/c1-3-6-25-15(26)13-10-5-4-9(2)7-11(10)28-14(13)23-18(25)27-8-12-21-16(19)24-17(20)22-12/h3,9H,1,4-8H2,2H3,(H4,19,20,21,22,24)/t9-/m0/s1. The smallest absolute Gasteiger partial charge is 0.263 e. The molecule has 0 fully saturated rings. The van der Waals surface area contributed by atoms with Crippen LogP contribution in [0.1, 0.15) is 29.6 Å². The largest absolute Gasteiger partial charge is 0.368 e. The highest BCUT2D eigenvalue weighted by Crippen LogP contribution is 2.36. The van der Waals surface area contributed by atoms with Crippen LogP contribution in [0.15, 0.2) is 22.6 Å². The lowest BCUT2D eigenvalue weighted by atomic mass is 9.89. The maximum Gasteiger partial charge on any atom is 0.263 e. The lowest BCUT2D eigenvalue weighted by Crippen LogP contribution is -2.23. The number of thioether (sulfide) groups is 1. The van der Waals surface area contributed by atoms with Crippen LogP contribution in [0, 0.1) is 5.92 Å². The fourth-order valence-corrected chi connectivity index (χ4v) is 5.74. The molecule has 146 valence electrons. The predicted octanol–water partition coefficient (Wildman–Crippen LogP) is 2.41. The van der Waals surface area contributed by atoms with Crippen LogP contribution in [-0.2, 0) is 25.1 Å². The van der Waals surface area contributed by atoms with Gasteiger partial charge in [0.1, 0.15) is 10.7 Å². The predicted molar refractivity (Wildman–Crippen MR) is 113 cm³/mol. The average molecular weight is 416 g/mol. The van der Waals surface area contributed by atoms with Crippen molar-refractivity contribution in [3.8, 4) is 0 Å². The number of nitrogens with zero attached hydrogens (tertiary/aromatic N) is 5. The number of rotatable bonds is 5. The molecule has 0 bridgehead atoms. The zero-order valence-corrected chi connectivity index (χ0v) is 17.1. The van der Waals surface area contributed by atoms with Crippen LogP contribution in [0.2, 0.25) is 0 Å². The maximum atomic E-state index is 13.3. The molecule has 3 heterocycles. The fraction of sp³-hybridized carbons (Fsp3) is 0.389. The molecule has 0 aliphatic heterocycles. The number of hydrogen-bond acceptors (Lipinski definition) is 9.